The Hall–Kier alpha value is -2.90. The van der Waals surface area contributed by atoms with Crippen molar-refractivity contribution in [3.05, 3.63) is 52.3 Å². The lowest BCUT2D eigenvalue weighted by molar-refractivity contribution is -0.134. The van der Waals surface area contributed by atoms with Crippen molar-refractivity contribution in [3.8, 4) is 0 Å². The van der Waals surface area contributed by atoms with E-state index >= 15 is 0 Å². The van der Waals surface area contributed by atoms with Crippen molar-refractivity contribution < 1.29 is 14.1 Å². The molecule has 2 fully saturated rings. The highest BCUT2D eigenvalue weighted by Gasteiger charge is 2.42. The lowest BCUT2D eigenvalue weighted by Gasteiger charge is -2.47. The number of likely N-dealkylation sites (tertiary alicyclic amines) is 1. The number of carbonyl (C=O) groups excluding carboxylic acids is 2. The zero-order valence-corrected chi connectivity index (χ0v) is 16.8. The predicted molar refractivity (Wildman–Crippen MR) is 108 cm³/mol. The zero-order valence-electron chi connectivity index (χ0n) is 16.8. The normalized spacial score (nSPS) is 24.9. The Labute approximate surface area is 174 Å². The van der Waals surface area contributed by atoms with E-state index in [1.807, 2.05) is 15.5 Å². The second kappa shape index (κ2) is 7.74. The van der Waals surface area contributed by atoms with Gasteiger partial charge in [0.05, 0.1) is 12.2 Å². The van der Waals surface area contributed by atoms with E-state index in [1.54, 1.807) is 24.4 Å². The lowest BCUT2D eigenvalue weighted by Crippen LogP contribution is -2.53. The molecule has 8 nitrogen and oxygen atoms in total. The molecule has 3 atom stereocenters. The van der Waals surface area contributed by atoms with Gasteiger partial charge < -0.3 is 19.3 Å². The number of fused-ring (bicyclic) bond motifs is 4. The van der Waals surface area contributed by atoms with Crippen molar-refractivity contribution >= 4 is 11.8 Å². The Morgan fingerprint density at radius 1 is 1.20 bits per heavy atom. The number of amides is 2. The minimum atomic E-state index is -0.127. The van der Waals surface area contributed by atoms with Crippen LogP contribution in [0.5, 0.6) is 0 Å². The SMILES string of the molecule is O=C(NC[C@H]1[C@H]2C[C@H](CN(C(=O)CCc3ccno3)C2)c2cccc(=O)n21)C1CC1. The van der Waals surface area contributed by atoms with E-state index in [-0.39, 0.29) is 41.2 Å². The van der Waals surface area contributed by atoms with Crippen molar-refractivity contribution in [2.45, 2.75) is 44.1 Å². The van der Waals surface area contributed by atoms with Crippen LogP contribution in [0.15, 0.2) is 39.8 Å². The first-order valence-electron chi connectivity index (χ1n) is 10.8. The second-order valence-electron chi connectivity index (χ2n) is 8.72. The summed E-state index contributed by atoms with van der Waals surface area (Å²) >= 11 is 0. The summed E-state index contributed by atoms with van der Waals surface area (Å²) in [5.41, 5.74) is 0.940. The Morgan fingerprint density at radius 3 is 2.83 bits per heavy atom. The molecule has 1 N–H and O–H groups in total. The van der Waals surface area contributed by atoms with Gasteiger partial charge in [0.15, 0.2) is 0 Å². The van der Waals surface area contributed by atoms with Crippen LogP contribution in [0.2, 0.25) is 0 Å². The summed E-state index contributed by atoms with van der Waals surface area (Å²) in [4.78, 5) is 39.7. The molecule has 2 aromatic heterocycles. The fourth-order valence-electron chi connectivity index (χ4n) is 4.96. The minimum absolute atomic E-state index is 0.0297. The average Bonchev–Trinajstić information content (AvgIpc) is 3.48. The van der Waals surface area contributed by atoms with Crippen LogP contribution in [-0.2, 0) is 16.0 Å². The van der Waals surface area contributed by atoms with E-state index in [4.69, 9.17) is 4.52 Å². The summed E-state index contributed by atoms with van der Waals surface area (Å²) in [6.45, 7) is 1.66. The van der Waals surface area contributed by atoms with Gasteiger partial charge in [-0.25, -0.2) is 0 Å². The first kappa shape index (κ1) is 19.1. The third kappa shape index (κ3) is 3.66. The number of pyridine rings is 1. The summed E-state index contributed by atoms with van der Waals surface area (Å²) in [7, 11) is 0. The van der Waals surface area contributed by atoms with Crippen molar-refractivity contribution in [2.24, 2.45) is 11.8 Å². The van der Waals surface area contributed by atoms with Crippen LogP contribution in [0.3, 0.4) is 0 Å². The average molecular weight is 410 g/mol. The highest BCUT2D eigenvalue weighted by molar-refractivity contribution is 5.80. The smallest absolute Gasteiger partial charge is 0.251 e. The van der Waals surface area contributed by atoms with Gasteiger partial charge in [0.25, 0.3) is 5.56 Å². The van der Waals surface area contributed by atoms with Crippen LogP contribution < -0.4 is 10.9 Å². The lowest BCUT2D eigenvalue weighted by atomic mass is 9.78. The van der Waals surface area contributed by atoms with Crippen molar-refractivity contribution in [2.75, 3.05) is 19.6 Å². The molecule has 2 aromatic rings. The van der Waals surface area contributed by atoms with Gasteiger partial charge in [-0.15, -0.1) is 0 Å². The molecule has 5 rings (SSSR count). The molecule has 0 spiro atoms. The van der Waals surface area contributed by atoms with Crippen LogP contribution >= 0.6 is 0 Å². The van der Waals surface area contributed by atoms with Crippen molar-refractivity contribution in [1.82, 2.24) is 19.9 Å². The molecule has 30 heavy (non-hydrogen) atoms. The summed E-state index contributed by atoms with van der Waals surface area (Å²) in [5, 5.41) is 6.74. The Morgan fingerprint density at radius 2 is 2.07 bits per heavy atom. The van der Waals surface area contributed by atoms with Crippen LogP contribution in [-0.4, -0.2) is 46.1 Å². The molecule has 2 amide bonds. The third-order valence-corrected chi connectivity index (χ3v) is 6.66. The van der Waals surface area contributed by atoms with E-state index in [0.29, 0.717) is 38.2 Å². The maximum atomic E-state index is 12.9. The minimum Gasteiger partial charge on any atom is -0.361 e. The molecule has 8 heteroatoms. The molecule has 2 aliphatic heterocycles. The number of piperidine rings is 1. The van der Waals surface area contributed by atoms with Crippen LogP contribution in [0.25, 0.3) is 0 Å². The maximum absolute atomic E-state index is 12.9. The molecule has 3 aliphatic rings. The first-order chi connectivity index (χ1) is 14.6. The molecular weight excluding hydrogens is 384 g/mol. The number of rotatable bonds is 6. The van der Waals surface area contributed by atoms with Gasteiger partial charge >= 0.3 is 0 Å². The monoisotopic (exact) mass is 410 g/mol. The second-order valence-corrected chi connectivity index (χ2v) is 8.72. The van der Waals surface area contributed by atoms with E-state index in [1.165, 1.54) is 0 Å². The van der Waals surface area contributed by atoms with Gasteiger partial charge in [-0.05, 0) is 31.2 Å². The summed E-state index contributed by atoms with van der Waals surface area (Å²) in [5.74, 6) is 1.30. The zero-order chi connectivity index (χ0) is 20.7. The number of hydrogen-bond acceptors (Lipinski definition) is 5. The van der Waals surface area contributed by atoms with Gasteiger partial charge in [-0.2, -0.15) is 0 Å². The van der Waals surface area contributed by atoms with Gasteiger partial charge in [-0.3, -0.25) is 14.4 Å². The number of aryl methyl sites for hydroxylation is 1. The molecule has 1 saturated heterocycles. The van der Waals surface area contributed by atoms with Gasteiger partial charge in [-0.1, -0.05) is 11.2 Å². The summed E-state index contributed by atoms with van der Waals surface area (Å²) < 4.78 is 6.97. The summed E-state index contributed by atoms with van der Waals surface area (Å²) in [6.07, 6.45) is 5.32. The molecule has 158 valence electrons. The Kier molecular flexibility index (Phi) is 4.92. The molecule has 0 unspecified atom stereocenters. The predicted octanol–water partition coefficient (Wildman–Crippen LogP) is 1.48. The molecule has 0 aromatic carbocycles. The topological polar surface area (TPSA) is 97.4 Å². The number of nitrogens with one attached hydrogen (secondary N) is 1. The highest BCUT2D eigenvalue weighted by Crippen LogP contribution is 2.41. The van der Waals surface area contributed by atoms with E-state index in [9.17, 15) is 14.4 Å². The van der Waals surface area contributed by atoms with Crippen molar-refractivity contribution in [3.63, 3.8) is 0 Å². The molecule has 2 bridgehead atoms. The molecule has 0 radical (unpaired) electrons. The number of nitrogens with zero attached hydrogens (tertiary/aromatic N) is 3. The molecular formula is C22H26N4O4. The molecule has 1 saturated carbocycles. The van der Waals surface area contributed by atoms with E-state index in [0.717, 1.165) is 25.0 Å². The third-order valence-electron chi connectivity index (χ3n) is 6.66. The number of aromatic nitrogens is 2. The van der Waals surface area contributed by atoms with Gasteiger partial charge in [0, 0.05) is 62.1 Å². The van der Waals surface area contributed by atoms with Crippen molar-refractivity contribution in [1.29, 1.82) is 0 Å². The molecule has 4 heterocycles. The molecule has 1 aliphatic carbocycles. The fraction of sp³-hybridized carbons (Fsp3) is 0.545. The Balaban J connectivity index is 1.34. The van der Waals surface area contributed by atoms with Gasteiger partial charge in [0.1, 0.15) is 5.76 Å². The van der Waals surface area contributed by atoms with E-state index in [2.05, 4.69) is 10.5 Å². The number of hydrogen-bond donors (Lipinski definition) is 1. The number of carbonyl (C=O) groups is 2. The Bertz CT molecular complexity index is 995. The van der Waals surface area contributed by atoms with Crippen LogP contribution in [0, 0.1) is 11.8 Å². The van der Waals surface area contributed by atoms with Crippen LogP contribution in [0.1, 0.15) is 49.1 Å². The maximum Gasteiger partial charge on any atom is 0.251 e. The van der Waals surface area contributed by atoms with Gasteiger partial charge in [0.2, 0.25) is 11.8 Å². The van der Waals surface area contributed by atoms with Crippen LogP contribution in [0.4, 0.5) is 0 Å². The fourth-order valence-corrected chi connectivity index (χ4v) is 4.96. The first-order valence-corrected chi connectivity index (χ1v) is 10.8. The highest BCUT2D eigenvalue weighted by atomic mass is 16.5. The quantitative estimate of drug-likeness (QED) is 0.778. The standard InChI is InChI=1S/C22H26N4O4/c27-20(7-6-17-8-9-24-30-17)25-12-15-10-16(13-25)19(11-23-22(29)14-4-5-14)26-18(15)2-1-3-21(26)28/h1-3,8-9,14-16,19H,4-7,10-13H2,(H,23,29)/t15-,16+,19+/m1/s1. The largest absolute Gasteiger partial charge is 0.361 e. The van der Waals surface area contributed by atoms with E-state index < -0.39 is 0 Å². The summed E-state index contributed by atoms with van der Waals surface area (Å²) in [6, 6.07) is 7.01.